The third-order valence-corrected chi connectivity index (χ3v) is 6.80. The molecule has 6 nitrogen and oxygen atoms in total. The van der Waals surface area contributed by atoms with Crippen LogP contribution in [0.1, 0.15) is 57.8 Å². The quantitative estimate of drug-likeness (QED) is 0.801. The van der Waals surface area contributed by atoms with Gasteiger partial charge in [0.1, 0.15) is 5.82 Å². The van der Waals surface area contributed by atoms with Gasteiger partial charge in [-0.3, -0.25) is 9.69 Å². The molecule has 2 heterocycles. The number of nitrogens with one attached hydrogen (secondary N) is 1. The van der Waals surface area contributed by atoms with Crippen molar-refractivity contribution >= 4 is 5.91 Å². The highest BCUT2D eigenvalue weighted by Gasteiger charge is 2.30. The van der Waals surface area contributed by atoms with Gasteiger partial charge in [-0.2, -0.15) is 4.98 Å². The van der Waals surface area contributed by atoms with Crippen molar-refractivity contribution < 1.29 is 13.7 Å². The van der Waals surface area contributed by atoms with Gasteiger partial charge in [0.25, 0.3) is 0 Å². The molecule has 1 aromatic heterocycles. The molecule has 2 aromatic rings. The van der Waals surface area contributed by atoms with Gasteiger partial charge in [-0.1, -0.05) is 44.0 Å². The number of carbonyl (C=O) groups excluding carboxylic acids is 1. The molecule has 7 heteroatoms. The minimum atomic E-state index is -0.324. The third kappa shape index (κ3) is 4.89. The number of aromatic nitrogens is 2. The molecule has 30 heavy (non-hydrogen) atoms. The van der Waals surface area contributed by atoms with E-state index in [9.17, 15) is 9.18 Å². The first-order valence-electron chi connectivity index (χ1n) is 11.1. The van der Waals surface area contributed by atoms with E-state index >= 15 is 0 Å². The number of benzene rings is 1. The van der Waals surface area contributed by atoms with Crippen LogP contribution in [-0.2, 0) is 4.79 Å². The Morgan fingerprint density at radius 3 is 2.97 bits per heavy atom. The van der Waals surface area contributed by atoms with Crippen molar-refractivity contribution in [1.82, 2.24) is 20.4 Å². The van der Waals surface area contributed by atoms with E-state index < -0.39 is 0 Å². The predicted molar refractivity (Wildman–Crippen MR) is 112 cm³/mol. The van der Waals surface area contributed by atoms with Crippen LogP contribution >= 0.6 is 0 Å². The number of rotatable bonds is 5. The van der Waals surface area contributed by atoms with Gasteiger partial charge in [0, 0.05) is 18.2 Å². The van der Waals surface area contributed by atoms with Crippen LogP contribution in [0.2, 0.25) is 0 Å². The average molecular weight is 415 g/mol. The molecular weight excluding hydrogens is 383 g/mol. The molecule has 1 amide bonds. The summed E-state index contributed by atoms with van der Waals surface area (Å²) in [5.41, 5.74) is 0.605. The maximum Gasteiger partial charge on any atom is 0.234 e. The van der Waals surface area contributed by atoms with Gasteiger partial charge in [-0.05, 0) is 49.8 Å². The fraction of sp³-hybridized carbons (Fsp3) is 0.609. The number of hydrogen-bond acceptors (Lipinski definition) is 5. The zero-order valence-electron chi connectivity index (χ0n) is 17.8. The molecule has 2 fully saturated rings. The third-order valence-electron chi connectivity index (χ3n) is 6.80. The summed E-state index contributed by atoms with van der Waals surface area (Å²) in [5.74, 6) is 2.02. The first-order chi connectivity index (χ1) is 14.5. The highest BCUT2D eigenvalue weighted by Crippen LogP contribution is 2.30. The highest BCUT2D eigenvalue weighted by atomic mass is 19.1. The molecule has 1 saturated carbocycles. The Balaban J connectivity index is 1.34. The van der Waals surface area contributed by atoms with E-state index in [1.54, 1.807) is 12.1 Å². The molecule has 4 rings (SSSR count). The van der Waals surface area contributed by atoms with Gasteiger partial charge >= 0.3 is 0 Å². The summed E-state index contributed by atoms with van der Waals surface area (Å²) >= 11 is 0. The van der Waals surface area contributed by atoms with Crippen LogP contribution in [0.15, 0.2) is 28.8 Å². The Morgan fingerprint density at radius 1 is 1.27 bits per heavy atom. The molecule has 1 aliphatic carbocycles. The van der Waals surface area contributed by atoms with Crippen LogP contribution in [0, 0.1) is 17.7 Å². The standard InChI is InChI=1S/C23H31FN4O2/c1-15-6-3-10-20(16(15)2)25-21(29)14-28-11-5-8-18(13-28)23-26-22(27-30-23)17-7-4-9-19(24)12-17/h4,7,9,12,15-16,18,20H,3,5-6,8,10-11,13-14H2,1-2H3,(H,25,29). The number of nitrogens with zero attached hydrogens (tertiary/aromatic N) is 3. The van der Waals surface area contributed by atoms with Crippen molar-refractivity contribution in [1.29, 1.82) is 0 Å². The van der Waals surface area contributed by atoms with Crippen molar-refractivity contribution in [3.8, 4) is 11.4 Å². The van der Waals surface area contributed by atoms with E-state index in [0.717, 1.165) is 32.4 Å². The summed E-state index contributed by atoms with van der Waals surface area (Å²) in [6.07, 6.45) is 5.44. The number of likely N-dealkylation sites (tertiary alicyclic amines) is 1. The molecule has 0 bridgehead atoms. The summed E-state index contributed by atoms with van der Waals surface area (Å²) in [4.78, 5) is 19.3. The summed E-state index contributed by atoms with van der Waals surface area (Å²) in [5, 5.41) is 7.30. The van der Waals surface area contributed by atoms with Crippen molar-refractivity contribution in [3.05, 3.63) is 36.0 Å². The number of piperidine rings is 1. The van der Waals surface area contributed by atoms with Gasteiger partial charge in [0.15, 0.2) is 0 Å². The van der Waals surface area contributed by atoms with Gasteiger partial charge in [-0.15, -0.1) is 0 Å². The van der Waals surface area contributed by atoms with Crippen molar-refractivity contribution in [2.75, 3.05) is 19.6 Å². The van der Waals surface area contributed by atoms with Gasteiger partial charge in [0.05, 0.1) is 12.5 Å². The lowest BCUT2D eigenvalue weighted by Crippen LogP contribution is -2.48. The lowest BCUT2D eigenvalue weighted by molar-refractivity contribution is -0.124. The molecule has 4 atom stereocenters. The molecule has 2 aliphatic rings. The fourth-order valence-electron chi connectivity index (χ4n) is 4.79. The number of carbonyl (C=O) groups is 1. The minimum absolute atomic E-state index is 0.0926. The Kier molecular flexibility index (Phi) is 6.46. The van der Waals surface area contributed by atoms with E-state index in [1.807, 2.05) is 0 Å². The van der Waals surface area contributed by atoms with Gasteiger partial charge in [0.2, 0.25) is 17.6 Å². The molecule has 0 spiro atoms. The summed E-state index contributed by atoms with van der Waals surface area (Å²) < 4.78 is 19.0. The SMILES string of the molecule is CC1CCCC(NC(=O)CN2CCCC(c3nc(-c4cccc(F)c4)no3)C2)C1C. The van der Waals surface area contributed by atoms with Crippen molar-refractivity contribution in [2.24, 2.45) is 11.8 Å². The van der Waals surface area contributed by atoms with E-state index in [-0.39, 0.29) is 23.7 Å². The maximum absolute atomic E-state index is 13.5. The molecule has 0 radical (unpaired) electrons. The van der Waals surface area contributed by atoms with Gasteiger partial charge in [-0.25, -0.2) is 4.39 Å². The Bertz CT molecular complexity index is 870. The second kappa shape index (κ2) is 9.25. The van der Waals surface area contributed by atoms with Crippen LogP contribution in [0.4, 0.5) is 4.39 Å². The fourth-order valence-corrected chi connectivity index (χ4v) is 4.79. The number of halogens is 1. The second-order valence-electron chi connectivity index (χ2n) is 8.98. The summed E-state index contributed by atoms with van der Waals surface area (Å²) in [7, 11) is 0. The molecule has 1 aliphatic heterocycles. The Hall–Kier alpha value is -2.28. The second-order valence-corrected chi connectivity index (χ2v) is 8.98. The molecule has 162 valence electrons. The van der Waals surface area contributed by atoms with E-state index in [0.29, 0.717) is 35.7 Å². The Morgan fingerprint density at radius 2 is 2.13 bits per heavy atom. The van der Waals surface area contributed by atoms with Crippen LogP contribution in [0.25, 0.3) is 11.4 Å². The molecule has 1 aromatic carbocycles. The lowest BCUT2D eigenvalue weighted by atomic mass is 9.78. The molecule has 1 saturated heterocycles. The zero-order valence-corrected chi connectivity index (χ0v) is 17.8. The molecular formula is C23H31FN4O2. The van der Waals surface area contributed by atoms with Crippen LogP contribution in [0.5, 0.6) is 0 Å². The first kappa shape index (κ1) is 21.0. The molecule has 1 N–H and O–H groups in total. The smallest absolute Gasteiger partial charge is 0.234 e. The van der Waals surface area contributed by atoms with E-state index in [2.05, 4.69) is 34.2 Å². The normalized spacial score (nSPS) is 27.7. The molecule has 4 unspecified atom stereocenters. The van der Waals surface area contributed by atoms with Crippen molar-refractivity contribution in [3.63, 3.8) is 0 Å². The minimum Gasteiger partial charge on any atom is -0.352 e. The topological polar surface area (TPSA) is 71.3 Å². The average Bonchev–Trinajstić information content (AvgIpc) is 3.22. The largest absolute Gasteiger partial charge is 0.352 e. The predicted octanol–water partition coefficient (Wildman–Crippen LogP) is 4.00. The highest BCUT2D eigenvalue weighted by molar-refractivity contribution is 5.78. The van der Waals surface area contributed by atoms with E-state index in [4.69, 9.17) is 4.52 Å². The number of amides is 1. The van der Waals surface area contributed by atoms with Crippen molar-refractivity contribution in [2.45, 2.75) is 57.9 Å². The zero-order chi connectivity index (χ0) is 21.1. The summed E-state index contributed by atoms with van der Waals surface area (Å²) in [6, 6.07) is 6.48. The number of hydrogen-bond donors (Lipinski definition) is 1. The van der Waals surface area contributed by atoms with Crippen LogP contribution in [-0.4, -0.2) is 46.6 Å². The van der Waals surface area contributed by atoms with Gasteiger partial charge < -0.3 is 9.84 Å². The lowest BCUT2D eigenvalue weighted by Gasteiger charge is -2.36. The Labute approximate surface area is 177 Å². The van der Waals surface area contributed by atoms with Crippen LogP contribution in [0.3, 0.4) is 0 Å². The van der Waals surface area contributed by atoms with Crippen LogP contribution < -0.4 is 5.32 Å². The van der Waals surface area contributed by atoms with E-state index in [1.165, 1.54) is 25.0 Å². The maximum atomic E-state index is 13.5. The first-order valence-corrected chi connectivity index (χ1v) is 11.1. The summed E-state index contributed by atoms with van der Waals surface area (Å²) in [6.45, 7) is 6.54. The monoisotopic (exact) mass is 414 g/mol.